The Bertz CT molecular complexity index is 1210. The van der Waals surface area contributed by atoms with E-state index in [2.05, 4.69) is 4.98 Å². The van der Waals surface area contributed by atoms with Crippen molar-refractivity contribution in [3.8, 4) is 5.75 Å². The minimum atomic E-state index is -3.94. The molecule has 0 bridgehead atoms. The molecular formula is C22H26FN3O4S2. The Kier molecular flexibility index (Phi) is 7.47. The largest absolute Gasteiger partial charge is 0.494 e. The fraction of sp³-hybridized carbons (Fsp3) is 0.364. The molecule has 0 saturated carbocycles. The Morgan fingerprint density at radius 3 is 2.44 bits per heavy atom. The van der Waals surface area contributed by atoms with Crippen molar-refractivity contribution < 1.29 is 22.3 Å². The van der Waals surface area contributed by atoms with E-state index < -0.39 is 27.3 Å². The van der Waals surface area contributed by atoms with Crippen molar-refractivity contribution in [1.29, 1.82) is 0 Å². The number of hydrogen-bond acceptors (Lipinski definition) is 7. The zero-order chi connectivity index (χ0) is 23.5. The van der Waals surface area contributed by atoms with Crippen molar-refractivity contribution >= 4 is 42.4 Å². The predicted octanol–water partition coefficient (Wildman–Crippen LogP) is 3.51. The average Bonchev–Trinajstić information content (AvgIpc) is 3.17. The summed E-state index contributed by atoms with van der Waals surface area (Å²) in [4.78, 5) is 21.1. The third kappa shape index (κ3) is 5.43. The van der Waals surface area contributed by atoms with Gasteiger partial charge in [-0.15, -0.1) is 0 Å². The number of benzene rings is 2. The van der Waals surface area contributed by atoms with Gasteiger partial charge in [-0.25, -0.2) is 17.8 Å². The smallest absolute Gasteiger partial charge is 0.244 e. The molecule has 172 valence electrons. The van der Waals surface area contributed by atoms with Crippen molar-refractivity contribution in [1.82, 2.24) is 9.88 Å². The summed E-state index contributed by atoms with van der Waals surface area (Å²) in [6.45, 7) is 2.99. The van der Waals surface area contributed by atoms with Crippen LogP contribution in [0.2, 0.25) is 0 Å². The zero-order valence-corrected chi connectivity index (χ0v) is 20.1. The normalized spacial score (nSPS) is 11.8. The maximum Gasteiger partial charge on any atom is 0.244 e. The molecule has 3 aromatic rings. The van der Waals surface area contributed by atoms with Crippen LogP contribution in [0.15, 0.2) is 41.3 Å². The summed E-state index contributed by atoms with van der Waals surface area (Å²) < 4.78 is 45.0. The van der Waals surface area contributed by atoms with E-state index in [1.807, 2.05) is 38.1 Å². The minimum Gasteiger partial charge on any atom is -0.494 e. The Balaban J connectivity index is 1.95. The molecule has 10 heteroatoms. The molecule has 32 heavy (non-hydrogen) atoms. The highest BCUT2D eigenvalue weighted by molar-refractivity contribution is 7.92. The van der Waals surface area contributed by atoms with Gasteiger partial charge in [0.2, 0.25) is 5.91 Å². The topological polar surface area (TPSA) is 79.8 Å². The molecule has 0 saturated heterocycles. The fourth-order valence-electron chi connectivity index (χ4n) is 3.22. The van der Waals surface area contributed by atoms with Crippen LogP contribution >= 0.6 is 11.3 Å². The molecular weight excluding hydrogens is 453 g/mol. The van der Waals surface area contributed by atoms with Gasteiger partial charge < -0.3 is 9.64 Å². The van der Waals surface area contributed by atoms with Gasteiger partial charge in [0.05, 0.1) is 16.7 Å². The van der Waals surface area contributed by atoms with E-state index in [0.29, 0.717) is 29.4 Å². The van der Waals surface area contributed by atoms with Gasteiger partial charge in [0, 0.05) is 6.54 Å². The second kappa shape index (κ2) is 9.93. The van der Waals surface area contributed by atoms with E-state index in [1.54, 1.807) is 7.11 Å². The first kappa shape index (κ1) is 24.1. The Labute approximate surface area is 191 Å². The number of thiazole rings is 1. The number of methoxy groups -OCH3 is 1. The van der Waals surface area contributed by atoms with Crippen LogP contribution < -0.4 is 9.64 Å². The van der Waals surface area contributed by atoms with E-state index in [9.17, 15) is 17.6 Å². The SMILES string of the molecule is COc1ccc(C)c2sc(N(CCCN(C)C)C(=O)CS(=O)(=O)c3ccc(F)cc3)nc12. The monoisotopic (exact) mass is 479 g/mol. The van der Waals surface area contributed by atoms with Gasteiger partial charge in [0.25, 0.3) is 0 Å². The number of nitrogens with zero attached hydrogens (tertiary/aromatic N) is 3. The third-order valence-corrected chi connectivity index (χ3v) is 7.75. The summed E-state index contributed by atoms with van der Waals surface area (Å²) in [5.41, 5.74) is 1.63. The van der Waals surface area contributed by atoms with Crippen LogP contribution in [0.3, 0.4) is 0 Å². The summed E-state index contributed by atoms with van der Waals surface area (Å²) >= 11 is 1.33. The van der Waals surface area contributed by atoms with Gasteiger partial charge in [0.1, 0.15) is 22.8 Å². The van der Waals surface area contributed by atoms with E-state index in [0.717, 1.165) is 28.9 Å². The molecule has 0 fully saturated rings. The highest BCUT2D eigenvalue weighted by Crippen LogP contribution is 2.36. The maximum absolute atomic E-state index is 13.2. The second-order valence-electron chi connectivity index (χ2n) is 7.67. The molecule has 0 aliphatic carbocycles. The summed E-state index contributed by atoms with van der Waals surface area (Å²) in [6.07, 6.45) is 0.640. The summed E-state index contributed by atoms with van der Waals surface area (Å²) in [7, 11) is 1.47. The molecule has 2 aromatic carbocycles. The van der Waals surface area contributed by atoms with E-state index in [-0.39, 0.29) is 4.90 Å². The standard InChI is InChI=1S/C22H26FN3O4S2/c1-15-6-11-18(30-4)20-21(15)31-22(24-20)26(13-5-12-25(2)3)19(27)14-32(28,29)17-9-7-16(23)8-10-17/h6-11H,5,12-14H2,1-4H3. The lowest BCUT2D eigenvalue weighted by molar-refractivity contribution is -0.116. The molecule has 0 aliphatic rings. The number of hydrogen-bond donors (Lipinski definition) is 0. The lowest BCUT2D eigenvalue weighted by Crippen LogP contribution is -2.37. The third-order valence-electron chi connectivity index (χ3n) is 4.92. The number of halogens is 1. The highest BCUT2D eigenvalue weighted by Gasteiger charge is 2.27. The lowest BCUT2D eigenvalue weighted by Gasteiger charge is -2.21. The first-order chi connectivity index (χ1) is 15.1. The van der Waals surface area contributed by atoms with Crippen molar-refractivity contribution in [2.45, 2.75) is 18.2 Å². The zero-order valence-electron chi connectivity index (χ0n) is 18.5. The van der Waals surface area contributed by atoms with Gasteiger partial charge in [-0.2, -0.15) is 0 Å². The average molecular weight is 480 g/mol. The molecule has 1 amide bonds. The van der Waals surface area contributed by atoms with Crippen molar-refractivity contribution in [3.63, 3.8) is 0 Å². The van der Waals surface area contributed by atoms with E-state index >= 15 is 0 Å². The molecule has 0 unspecified atom stereocenters. The molecule has 3 rings (SSSR count). The maximum atomic E-state index is 13.2. The fourth-order valence-corrected chi connectivity index (χ4v) is 5.51. The van der Waals surface area contributed by atoms with Crippen molar-refractivity contribution in [2.75, 3.05) is 44.9 Å². The summed E-state index contributed by atoms with van der Waals surface area (Å²) in [5, 5.41) is 0.422. The highest BCUT2D eigenvalue weighted by atomic mass is 32.2. The lowest BCUT2D eigenvalue weighted by atomic mass is 10.2. The Hall–Kier alpha value is -2.56. The number of carbonyl (C=O) groups is 1. The predicted molar refractivity (Wildman–Crippen MR) is 125 cm³/mol. The molecule has 0 spiro atoms. The Morgan fingerprint density at radius 2 is 1.81 bits per heavy atom. The number of sulfone groups is 1. The molecule has 1 heterocycles. The van der Waals surface area contributed by atoms with Gasteiger partial charge in [0.15, 0.2) is 15.0 Å². The van der Waals surface area contributed by atoms with Crippen molar-refractivity contribution in [3.05, 3.63) is 47.8 Å². The van der Waals surface area contributed by atoms with Gasteiger partial charge in [-0.05, 0) is 69.9 Å². The number of rotatable bonds is 9. The van der Waals surface area contributed by atoms with Crippen molar-refractivity contribution in [2.24, 2.45) is 0 Å². The van der Waals surface area contributed by atoms with Crippen LogP contribution in [0.25, 0.3) is 10.2 Å². The van der Waals surface area contributed by atoms with Crippen LogP contribution in [0, 0.1) is 12.7 Å². The number of ether oxygens (including phenoxy) is 1. The number of aromatic nitrogens is 1. The minimum absolute atomic E-state index is 0.0951. The second-order valence-corrected chi connectivity index (χ2v) is 10.6. The molecule has 0 aliphatic heterocycles. The molecule has 7 nitrogen and oxygen atoms in total. The van der Waals surface area contributed by atoms with Crippen LogP contribution in [-0.4, -0.2) is 64.3 Å². The van der Waals surface area contributed by atoms with Crippen LogP contribution in [0.4, 0.5) is 9.52 Å². The van der Waals surface area contributed by atoms with Gasteiger partial charge in [-0.3, -0.25) is 9.69 Å². The first-order valence-electron chi connectivity index (χ1n) is 10.00. The summed E-state index contributed by atoms with van der Waals surface area (Å²) in [5.74, 6) is -1.26. The quantitative estimate of drug-likeness (QED) is 0.437. The number of anilines is 1. The van der Waals surface area contributed by atoms with E-state index in [4.69, 9.17) is 4.74 Å². The molecule has 0 radical (unpaired) electrons. The Morgan fingerprint density at radius 1 is 1.12 bits per heavy atom. The van der Waals surface area contributed by atoms with Crippen LogP contribution in [-0.2, 0) is 14.6 Å². The number of carbonyl (C=O) groups excluding carboxylic acids is 1. The van der Waals surface area contributed by atoms with Gasteiger partial charge >= 0.3 is 0 Å². The number of amides is 1. The molecule has 0 atom stereocenters. The van der Waals surface area contributed by atoms with Gasteiger partial charge in [-0.1, -0.05) is 17.4 Å². The van der Waals surface area contributed by atoms with E-state index in [1.165, 1.54) is 28.4 Å². The molecule has 1 aromatic heterocycles. The first-order valence-corrected chi connectivity index (χ1v) is 12.5. The number of aryl methyl sites for hydroxylation is 1. The van der Waals surface area contributed by atoms with Crippen LogP contribution in [0.1, 0.15) is 12.0 Å². The van der Waals surface area contributed by atoms with Crippen LogP contribution in [0.5, 0.6) is 5.75 Å². The molecule has 0 N–H and O–H groups in total. The number of fused-ring (bicyclic) bond motifs is 1. The summed E-state index contributed by atoms with van der Waals surface area (Å²) in [6, 6.07) is 8.20.